The Balaban J connectivity index is 0.928. The fourth-order valence-corrected chi connectivity index (χ4v) is 12.7. The van der Waals surface area contributed by atoms with Gasteiger partial charge in [0.2, 0.25) is 0 Å². The van der Waals surface area contributed by atoms with Crippen LogP contribution in [0.15, 0.2) is 0 Å². The second-order valence-electron chi connectivity index (χ2n) is 18.0. The molecule has 0 amide bonds. The Labute approximate surface area is 308 Å². The summed E-state index contributed by atoms with van der Waals surface area (Å²) in [4.78, 5) is 0. The first-order chi connectivity index (χ1) is 23.4. The van der Waals surface area contributed by atoms with Crippen molar-refractivity contribution in [3.05, 3.63) is 0 Å². The summed E-state index contributed by atoms with van der Waals surface area (Å²) in [7, 11) is 0. The summed E-state index contributed by atoms with van der Waals surface area (Å²) in [6.07, 6.45) is 42.7. The van der Waals surface area contributed by atoms with Crippen LogP contribution in [0.3, 0.4) is 0 Å². The van der Waals surface area contributed by atoms with Gasteiger partial charge in [-0.25, -0.2) is 0 Å². The standard InChI is InChI=1S/C44H78Cl2O2/c1-3-5-7-9-11-13-15-33-47-40-21-17-36(18-22-40)38-25-29-42(30-26-38)35-43(44(42,45)46)31-27-39(28-32-43)37-19-23-41(24-20-37)48-34-16-14-12-10-8-6-4-2/h36-41H,3-35H2,1-2H3. The predicted molar refractivity (Wildman–Crippen MR) is 207 cm³/mol. The average molecular weight is 710 g/mol. The Kier molecular flexibility index (Phi) is 16.6. The zero-order valence-corrected chi connectivity index (χ0v) is 33.4. The molecular weight excluding hydrogens is 631 g/mol. The summed E-state index contributed by atoms with van der Waals surface area (Å²) in [6, 6.07) is 0. The van der Waals surface area contributed by atoms with E-state index in [-0.39, 0.29) is 10.8 Å². The predicted octanol–water partition coefficient (Wildman–Crippen LogP) is 14.6. The van der Waals surface area contributed by atoms with Crippen molar-refractivity contribution < 1.29 is 9.47 Å². The van der Waals surface area contributed by atoms with Crippen molar-refractivity contribution in [2.45, 2.75) is 229 Å². The second kappa shape index (κ2) is 20.1. The van der Waals surface area contributed by atoms with Crippen molar-refractivity contribution in [3.8, 4) is 0 Å². The van der Waals surface area contributed by atoms with Gasteiger partial charge < -0.3 is 9.47 Å². The Bertz CT molecular complexity index is 789. The SMILES string of the molecule is CCCCCCCCCOC1CCC(C2CCC3(CC2)CC2(CCC(C4CCC(OCCCCCCCCC)CC4)CC2)C3(Cl)Cl)CC1. The number of rotatable bonds is 20. The molecule has 0 aliphatic heterocycles. The third kappa shape index (κ3) is 10.3. The number of hydrogen-bond acceptors (Lipinski definition) is 2. The van der Waals surface area contributed by atoms with Crippen molar-refractivity contribution >= 4 is 23.2 Å². The lowest BCUT2D eigenvalue weighted by Crippen LogP contribution is -2.66. The molecule has 0 N–H and O–H groups in total. The van der Waals surface area contributed by atoms with E-state index in [2.05, 4.69) is 13.8 Å². The Morgan fingerprint density at radius 2 is 0.729 bits per heavy atom. The number of alkyl halides is 2. The number of unbranched alkanes of at least 4 members (excludes halogenated alkanes) is 12. The van der Waals surface area contributed by atoms with Gasteiger partial charge in [-0.15, -0.1) is 23.2 Å². The molecule has 0 aromatic heterocycles. The maximum atomic E-state index is 7.52. The summed E-state index contributed by atoms with van der Waals surface area (Å²) in [5.41, 5.74) is 0.391. The first kappa shape index (κ1) is 39.7. The molecule has 4 heteroatoms. The smallest absolute Gasteiger partial charge is 0.129 e. The van der Waals surface area contributed by atoms with Gasteiger partial charge in [-0.2, -0.15) is 0 Å². The fourth-order valence-electron chi connectivity index (χ4n) is 11.7. The lowest BCUT2D eigenvalue weighted by molar-refractivity contribution is -0.123. The van der Waals surface area contributed by atoms with Gasteiger partial charge in [0.15, 0.2) is 0 Å². The molecule has 5 aliphatic carbocycles. The van der Waals surface area contributed by atoms with E-state index in [1.807, 2.05) is 0 Å². The van der Waals surface area contributed by atoms with Crippen LogP contribution in [-0.2, 0) is 9.47 Å². The molecule has 5 fully saturated rings. The molecule has 48 heavy (non-hydrogen) atoms. The van der Waals surface area contributed by atoms with Gasteiger partial charge in [0, 0.05) is 24.0 Å². The quantitative estimate of drug-likeness (QED) is 0.0925. The van der Waals surface area contributed by atoms with Crippen molar-refractivity contribution in [3.63, 3.8) is 0 Å². The van der Waals surface area contributed by atoms with Gasteiger partial charge in [0.25, 0.3) is 0 Å². The van der Waals surface area contributed by atoms with Crippen LogP contribution in [0.25, 0.3) is 0 Å². The third-order valence-electron chi connectivity index (χ3n) is 15.0. The Hall–Kier alpha value is 0.500. The molecule has 5 saturated carbocycles. The summed E-state index contributed by atoms with van der Waals surface area (Å²) >= 11 is 15.0. The van der Waals surface area contributed by atoms with Crippen LogP contribution in [0.2, 0.25) is 0 Å². The minimum Gasteiger partial charge on any atom is -0.378 e. The maximum absolute atomic E-state index is 7.52. The van der Waals surface area contributed by atoms with Crippen molar-refractivity contribution in [1.82, 2.24) is 0 Å². The summed E-state index contributed by atoms with van der Waals surface area (Å²) in [5.74, 6) is 3.61. The number of halogens is 2. The Morgan fingerprint density at radius 1 is 0.417 bits per heavy atom. The topological polar surface area (TPSA) is 18.5 Å². The van der Waals surface area contributed by atoms with Crippen molar-refractivity contribution in [2.75, 3.05) is 13.2 Å². The van der Waals surface area contributed by atoms with Gasteiger partial charge in [-0.1, -0.05) is 90.9 Å². The van der Waals surface area contributed by atoms with Gasteiger partial charge >= 0.3 is 0 Å². The second-order valence-corrected chi connectivity index (χ2v) is 19.4. The molecule has 0 radical (unpaired) electrons. The molecule has 0 heterocycles. The van der Waals surface area contributed by atoms with E-state index < -0.39 is 4.33 Å². The number of ether oxygens (including phenoxy) is 2. The van der Waals surface area contributed by atoms with Gasteiger partial charge in [-0.3, -0.25) is 0 Å². The van der Waals surface area contributed by atoms with E-state index in [9.17, 15) is 0 Å². The molecule has 0 aromatic carbocycles. The molecule has 0 aromatic rings. The number of hydrogen-bond donors (Lipinski definition) is 0. The molecule has 2 nitrogen and oxygen atoms in total. The summed E-state index contributed by atoms with van der Waals surface area (Å²) < 4.78 is 12.2. The first-order valence-electron chi connectivity index (χ1n) is 22.0. The van der Waals surface area contributed by atoms with Gasteiger partial charge in [0.1, 0.15) is 4.33 Å². The molecule has 5 rings (SSSR count). The third-order valence-corrected chi connectivity index (χ3v) is 16.6. The first-order valence-corrected chi connectivity index (χ1v) is 22.8. The zero-order chi connectivity index (χ0) is 33.7. The van der Waals surface area contributed by atoms with Crippen LogP contribution in [-0.4, -0.2) is 29.8 Å². The van der Waals surface area contributed by atoms with Crippen molar-refractivity contribution in [1.29, 1.82) is 0 Å². The molecule has 0 atom stereocenters. The lowest BCUT2D eigenvalue weighted by atomic mass is 9.42. The molecule has 5 aliphatic rings. The van der Waals surface area contributed by atoms with Crippen molar-refractivity contribution in [2.24, 2.45) is 34.5 Å². The minimum atomic E-state index is -0.501. The highest BCUT2D eigenvalue weighted by Crippen LogP contribution is 2.77. The molecule has 2 spiro atoms. The van der Waals surface area contributed by atoms with E-state index in [4.69, 9.17) is 32.7 Å². The van der Waals surface area contributed by atoms with Crippen LogP contribution in [0.1, 0.15) is 213 Å². The van der Waals surface area contributed by atoms with Crippen LogP contribution in [0.4, 0.5) is 0 Å². The van der Waals surface area contributed by atoms with E-state index in [0.29, 0.717) is 12.2 Å². The van der Waals surface area contributed by atoms with Crippen LogP contribution < -0.4 is 0 Å². The Morgan fingerprint density at radius 3 is 1.06 bits per heavy atom. The highest BCUT2D eigenvalue weighted by Gasteiger charge is 2.72. The van der Waals surface area contributed by atoms with Gasteiger partial charge in [0.05, 0.1) is 12.2 Å². The summed E-state index contributed by atoms with van der Waals surface area (Å²) in [5, 5.41) is 0. The maximum Gasteiger partial charge on any atom is 0.129 e. The molecular formula is C44H78Cl2O2. The minimum absolute atomic E-state index is 0.196. The zero-order valence-electron chi connectivity index (χ0n) is 31.9. The normalized spacial score (nSPS) is 36.8. The molecule has 280 valence electrons. The molecule has 0 saturated heterocycles. The van der Waals surface area contributed by atoms with Crippen LogP contribution in [0, 0.1) is 34.5 Å². The monoisotopic (exact) mass is 709 g/mol. The van der Waals surface area contributed by atoms with Crippen LogP contribution in [0.5, 0.6) is 0 Å². The summed E-state index contributed by atoms with van der Waals surface area (Å²) in [6.45, 7) is 6.57. The van der Waals surface area contributed by atoms with Crippen LogP contribution >= 0.6 is 23.2 Å². The molecule has 0 bridgehead atoms. The average Bonchev–Trinajstić information content (AvgIpc) is 3.12. The fraction of sp³-hybridized carbons (Fsp3) is 1.00. The van der Waals surface area contributed by atoms with E-state index in [0.717, 1.165) is 36.9 Å². The van der Waals surface area contributed by atoms with Gasteiger partial charge in [-0.05, 0) is 146 Å². The lowest BCUT2D eigenvalue weighted by Gasteiger charge is -2.69. The van der Waals surface area contributed by atoms with E-state index >= 15 is 0 Å². The molecule has 0 unspecified atom stereocenters. The largest absolute Gasteiger partial charge is 0.378 e. The van der Waals surface area contributed by atoms with E-state index in [1.54, 1.807) is 0 Å². The van der Waals surface area contributed by atoms with E-state index in [1.165, 1.54) is 199 Å². The highest BCUT2D eigenvalue weighted by atomic mass is 35.5. The highest BCUT2D eigenvalue weighted by molar-refractivity contribution is 6.50.